The highest BCUT2D eigenvalue weighted by molar-refractivity contribution is 6.42. The lowest BCUT2D eigenvalue weighted by Crippen LogP contribution is -3.10. The molecule has 0 bridgehead atoms. The zero-order chi connectivity index (χ0) is 12.1. The molecule has 1 aromatic rings. The number of nitrogens with one attached hydrogen (secondary N) is 1. The van der Waals surface area contributed by atoms with E-state index in [-0.39, 0.29) is 0 Å². The number of benzene rings is 1. The van der Waals surface area contributed by atoms with Gasteiger partial charge in [0.15, 0.2) is 0 Å². The van der Waals surface area contributed by atoms with Crippen molar-refractivity contribution in [3.05, 3.63) is 28.2 Å². The van der Waals surface area contributed by atoms with Gasteiger partial charge in [-0.15, -0.1) is 0 Å². The van der Waals surface area contributed by atoms with Crippen LogP contribution >= 0.6 is 23.2 Å². The Morgan fingerprint density at radius 1 is 1.12 bits per heavy atom. The van der Waals surface area contributed by atoms with Crippen LogP contribution < -0.4 is 9.64 Å². The molecule has 0 saturated carbocycles. The molecule has 0 atom stereocenters. The number of halogens is 2. The summed E-state index contributed by atoms with van der Waals surface area (Å²) >= 11 is 11.8. The second kappa shape index (κ2) is 6.48. The van der Waals surface area contributed by atoms with Gasteiger partial charge in [0.1, 0.15) is 5.75 Å². The largest absolute Gasteiger partial charge is 0.493 e. The van der Waals surface area contributed by atoms with Crippen molar-refractivity contribution >= 4 is 23.2 Å². The van der Waals surface area contributed by atoms with Crippen LogP contribution in [0.4, 0.5) is 0 Å². The zero-order valence-corrected chi connectivity index (χ0v) is 11.4. The average Bonchev–Trinajstić information content (AvgIpc) is 2.82. The Bertz CT molecular complexity index is 364. The van der Waals surface area contributed by atoms with E-state index in [0.717, 1.165) is 18.8 Å². The monoisotopic (exact) mass is 274 g/mol. The average molecular weight is 275 g/mol. The number of quaternary nitrogens is 1. The van der Waals surface area contributed by atoms with E-state index in [0.29, 0.717) is 10.0 Å². The molecule has 0 aromatic heterocycles. The van der Waals surface area contributed by atoms with Crippen molar-refractivity contribution in [1.82, 2.24) is 0 Å². The van der Waals surface area contributed by atoms with Crippen LogP contribution in [0.15, 0.2) is 18.2 Å². The molecule has 17 heavy (non-hydrogen) atoms. The van der Waals surface area contributed by atoms with E-state index < -0.39 is 0 Å². The molecule has 0 amide bonds. The van der Waals surface area contributed by atoms with Gasteiger partial charge in [-0.3, -0.25) is 0 Å². The third-order valence-corrected chi connectivity index (χ3v) is 3.88. The van der Waals surface area contributed by atoms with Crippen LogP contribution in [0.3, 0.4) is 0 Å². The molecule has 1 fully saturated rings. The van der Waals surface area contributed by atoms with Crippen LogP contribution in [0.1, 0.15) is 19.3 Å². The van der Waals surface area contributed by atoms with Crippen molar-refractivity contribution < 1.29 is 9.64 Å². The van der Waals surface area contributed by atoms with Crippen molar-refractivity contribution in [3.63, 3.8) is 0 Å². The Balaban J connectivity index is 1.68. The Kier molecular flexibility index (Phi) is 4.96. The van der Waals surface area contributed by atoms with E-state index >= 15 is 0 Å². The summed E-state index contributed by atoms with van der Waals surface area (Å²) in [7, 11) is 0. The summed E-state index contributed by atoms with van der Waals surface area (Å²) in [6.07, 6.45) is 3.85. The van der Waals surface area contributed by atoms with Crippen LogP contribution in [0.25, 0.3) is 0 Å². The van der Waals surface area contributed by atoms with E-state index in [2.05, 4.69) is 0 Å². The van der Waals surface area contributed by atoms with E-state index in [9.17, 15) is 0 Å². The molecule has 1 saturated heterocycles. The lowest BCUT2D eigenvalue weighted by Gasteiger charge is -2.12. The molecule has 1 aliphatic heterocycles. The van der Waals surface area contributed by atoms with Gasteiger partial charge in [-0.1, -0.05) is 23.2 Å². The molecule has 94 valence electrons. The normalized spacial score (nSPS) is 16.4. The Labute approximate surface area is 112 Å². The quantitative estimate of drug-likeness (QED) is 0.815. The van der Waals surface area contributed by atoms with Gasteiger partial charge < -0.3 is 9.64 Å². The van der Waals surface area contributed by atoms with Gasteiger partial charge in [-0.05, 0) is 12.1 Å². The molecule has 1 aromatic carbocycles. The fourth-order valence-electron chi connectivity index (χ4n) is 2.20. The summed E-state index contributed by atoms with van der Waals surface area (Å²) < 4.78 is 5.65. The van der Waals surface area contributed by atoms with Crippen LogP contribution in [0.2, 0.25) is 10.0 Å². The van der Waals surface area contributed by atoms with Crippen LogP contribution in [-0.2, 0) is 0 Å². The van der Waals surface area contributed by atoms with Crippen molar-refractivity contribution in [2.45, 2.75) is 19.3 Å². The summed E-state index contributed by atoms with van der Waals surface area (Å²) in [4.78, 5) is 1.71. The number of likely N-dealkylation sites (tertiary alicyclic amines) is 1. The van der Waals surface area contributed by atoms with E-state index in [1.807, 2.05) is 6.07 Å². The first kappa shape index (κ1) is 13.0. The lowest BCUT2D eigenvalue weighted by molar-refractivity contribution is -0.887. The highest BCUT2D eigenvalue weighted by atomic mass is 35.5. The standard InChI is InChI=1S/C13H17Cl2NO/c14-12-5-4-11(10-13(12)15)17-9-3-8-16-6-1-2-7-16/h4-5,10H,1-3,6-9H2/p+1. The van der Waals surface area contributed by atoms with Crippen molar-refractivity contribution in [2.75, 3.05) is 26.2 Å². The van der Waals surface area contributed by atoms with Crippen molar-refractivity contribution in [2.24, 2.45) is 0 Å². The predicted octanol–water partition coefficient (Wildman–Crippen LogP) is 2.44. The molecule has 0 radical (unpaired) electrons. The zero-order valence-electron chi connectivity index (χ0n) is 9.85. The van der Waals surface area contributed by atoms with Gasteiger partial charge in [-0.25, -0.2) is 0 Å². The van der Waals surface area contributed by atoms with Gasteiger partial charge >= 0.3 is 0 Å². The van der Waals surface area contributed by atoms with Gasteiger partial charge in [-0.2, -0.15) is 0 Å². The van der Waals surface area contributed by atoms with Crippen LogP contribution in [-0.4, -0.2) is 26.2 Å². The Morgan fingerprint density at radius 3 is 2.59 bits per heavy atom. The minimum absolute atomic E-state index is 0.550. The molecule has 0 spiro atoms. The Morgan fingerprint density at radius 2 is 1.88 bits per heavy atom. The smallest absolute Gasteiger partial charge is 0.120 e. The molecule has 1 heterocycles. The maximum absolute atomic E-state index is 5.91. The number of hydrogen-bond donors (Lipinski definition) is 1. The molecule has 0 unspecified atom stereocenters. The molecule has 4 heteroatoms. The SMILES string of the molecule is Clc1ccc(OCCC[NH+]2CCCC2)cc1Cl. The fourth-order valence-corrected chi connectivity index (χ4v) is 2.49. The van der Waals surface area contributed by atoms with Gasteiger partial charge in [0.2, 0.25) is 0 Å². The highest BCUT2D eigenvalue weighted by Crippen LogP contribution is 2.26. The number of rotatable bonds is 5. The summed E-state index contributed by atoms with van der Waals surface area (Å²) in [6, 6.07) is 5.40. The van der Waals surface area contributed by atoms with Crippen LogP contribution in [0.5, 0.6) is 5.75 Å². The van der Waals surface area contributed by atoms with Gasteiger partial charge in [0.05, 0.1) is 36.3 Å². The first-order chi connectivity index (χ1) is 8.25. The van der Waals surface area contributed by atoms with Gasteiger partial charge in [0, 0.05) is 25.3 Å². The van der Waals surface area contributed by atoms with Crippen LogP contribution in [0, 0.1) is 0 Å². The lowest BCUT2D eigenvalue weighted by atomic mass is 10.3. The van der Waals surface area contributed by atoms with Gasteiger partial charge in [0.25, 0.3) is 0 Å². The predicted molar refractivity (Wildman–Crippen MR) is 71.4 cm³/mol. The molecule has 0 aliphatic carbocycles. The Hall–Kier alpha value is -0.440. The molecule has 1 N–H and O–H groups in total. The summed E-state index contributed by atoms with van der Waals surface area (Å²) in [5.41, 5.74) is 0. The molecule has 2 rings (SSSR count). The molecular weight excluding hydrogens is 257 g/mol. The third kappa shape index (κ3) is 4.06. The van der Waals surface area contributed by atoms with E-state index in [1.54, 1.807) is 17.0 Å². The fraction of sp³-hybridized carbons (Fsp3) is 0.538. The topological polar surface area (TPSA) is 13.7 Å². The first-order valence-electron chi connectivity index (χ1n) is 6.17. The van der Waals surface area contributed by atoms with E-state index in [4.69, 9.17) is 27.9 Å². The number of hydrogen-bond acceptors (Lipinski definition) is 1. The second-order valence-electron chi connectivity index (χ2n) is 4.49. The molecule has 1 aliphatic rings. The van der Waals surface area contributed by atoms with Crippen molar-refractivity contribution in [3.8, 4) is 5.75 Å². The maximum Gasteiger partial charge on any atom is 0.120 e. The minimum atomic E-state index is 0.550. The maximum atomic E-state index is 5.91. The minimum Gasteiger partial charge on any atom is -0.493 e. The summed E-state index contributed by atoms with van der Waals surface area (Å²) in [6.45, 7) is 4.61. The first-order valence-corrected chi connectivity index (χ1v) is 6.93. The second-order valence-corrected chi connectivity index (χ2v) is 5.30. The third-order valence-electron chi connectivity index (χ3n) is 3.15. The summed E-state index contributed by atoms with van der Waals surface area (Å²) in [5, 5.41) is 1.12. The van der Waals surface area contributed by atoms with E-state index in [1.165, 1.54) is 32.5 Å². The molecular formula is C13H18Cl2NO+. The highest BCUT2D eigenvalue weighted by Gasteiger charge is 2.14. The molecule has 2 nitrogen and oxygen atoms in total. The summed E-state index contributed by atoms with van der Waals surface area (Å²) in [5.74, 6) is 0.802. The van der Waals surface area contributed by atoms with Crippen molar-refractivity contribution in [1.29, 1.82) is 0 Å². The number of ether oxygens (including phenoxy) is 1.